The molecule has 9 nitrogen and oxygen atoms in total. The second-order valence-electron chi connectivity index (χ2n) is 8.77. The fourth-order valence-electron chi connectivity index (χ4n) is 4.09. The third-order valence-electron chi connectivity index (χ3n) is 6.03. The van der Waals surface area contributed by atoms with Crippen LogP contribution >= 0.6 is 0 Å². The van der Waals surface area contributed by atoms with Crippen LogP contribution in [0.15, 0.2) is 78.9 Å². The molecular weight excluding hydrogens is 494 g/mol. The van der Waals surface area contributed by atoms with Crippen LogP contribution in [0.2, 0.25) is 0 Å². The third-order valence-corrected chi connectivity index (χ3v) is 7.43. The van der Waals surface area contributed by atoms with Gasteiger partial charge in [-0.25, -0.2) is 8.42 Å². The smallest absolute Gasteiger partial charge is 0.244 e. The SMILES string of the molecule is CN(C(=O)[C@H](Cc1ccccc1)NC(O)NS(=O)(=O)CCCc1ccccc1)c1ccc2c(c1)OCO2. The first-order valence-electron chi connectivity index (χ1n) is 12.0. The van der Waals surface area contributed by atoms with Gasteiger partial charge >= 0.3 is 0 Å². The molecule has 3 N–H and O–H groups in total. The lowest BCUT2D eigenvalue weighted by molar-refractivity contribution is -0.121. The molecule has 0 aromatic heterocycles. The largest absolute Gasteiger partial charge is 0.454 e. The number of ether oxygens (including phenoxy) is 2. The standard InChI is InChI=1S/C27H31N3O6S/c1-30(22-14-15-24-25(18-22)36-19-35-24)26(31)23(17-21-11-6-3-7-12-21)28-27(32)29-37(33,34)16-8-13-20-9-4-2-5-10-20/h2-7,9-12,14-15,18,23,27-29,32H,8,13,16-17,19H2,1H3/t23-,27?/m0/s1. The minimum Gasteiger partial charge on any atom is -0.454 e. The van der Waals surface area contributed by atoms with Gasteiger partial charge < -0.3 is 19.5 Å². The van der Waals surface area contributed by atoms with Crippen molar-refractivity contribution in [1.29, 1.82) is 0 Å². The van der Waals surface area contributed by atoms with Gasteiger partial charge in [-0.3, -0.25) is 10.1 Å². The zero-order chi connectivity index (χ0) is 26.3. The van der Waals surface area contributed by atoms with Crippen molar-refractivity contribution in [2.45, 2.75) is 31.7 Å². The molecule has 2 atom stereocenters. The Bertz CT molecular complexity index is 1290. The topological polar surface area (TPSA) is 117 Å². The molecule has 0 fully saturated rings. The first-order chi connectivity index (χ1) is 17.8. The zero-order valence-electron chi connectivity index (χ0n) is 20.5. The molecule has 1 unspecified atom stereocenters. The number of aryl methyl sites for hydroxylation is 1. The van der Waals surface area contributed by atoms with Crippen LogP contribution in [0.5, 0.6) is 11.5 Å². The summed E-state index contributed by atoms with van der Waals surface area (Å²) in [5.74, 6) is 0.619. The van der Waals surface area contributed by atoms with Crippen molar-refractivity contribution < 1.29 is 27.8 Å². The van der Waals surface area contributed by atoms with Gasteiger partial charge in [0.2, 0.25) is 22.7 Å². The van der Waals surface area contributed by atoms with E-state index in [9.17, 15) is 18.3 Å². The molecule has 10 heteroatoms. The van der Waals surface area contributed by atoms with Crippen molar-refractivity contribution in [3.8, 4) is 11.5 Å². The predicted octanol–water partition coefficient (Wildman–Crippen LogP) is 2.41. The first-order valence-corrected chi connectivity index (χ1v) is 13.7. The lowest BCUT2D eigenvalue weighted by Crippen LogP contribution is -2.55. The second-order valence-corrected chi connectivity index (χ2v) is 10.6. The van der Waals surface area contributed by atoms with Crippen molar-refractivity contribution in [2.75, 3.05) is 24.5 Å². The van der Waals surface area contributed by atoms with Gasteiger partial charge in [-0.2, -0.15) is 4.72 Å². The first kappa shape index (κ1) is 26.6. The Morgan fingerprint density at radius 3 is 2.32 bits per heavy atom. The summed E-state index contributed by atoms with van der Waals surface area (Å²) in [5.41, 5.74) is 2.46. The highest BCUT2D eigenvalue weighted by molar-refractivity contribution is 7.89. The number of benzene rings is 3. The number of hydrogen-bond acceptors (Lipinski definition) is 7. The number of likely N-dealkylation sites (N-methyl/N-ethyl adjacent to an activating group) is 1. The van der Waals surface area contributed by atoms with Crippen molar-refractivity contribution in [1.82, 2.24) is 10.0 Å². The predicted molar refractivity (Wildman–Crippen MR) is 141 cm³/mol. The maximum Gasteiger partial charge on any atom is 0.244 e. The third kappa shape index (κ3) is 7.53. The maximum absolute atomic E-state index is 13.5. The summed E-state index contributed by atoms with van der Waals surface area (Å²) in [4.78, 5) is 14.9. The van der Waals surface area contributed by atoms with E-state index < -0.39 is 22.4 Å². The van der Waals surface area contributed by atoms with E-state index >= 15 is 0 Å². The summed E-state index contributed by atoms with van der Waals surface area (Å²) >= 11 is 0. The van der Waals surface area contributed by atoms with E-state index in [4.69, 9.17) is 9.47 Å². The lowest BCUT2D eigenvalue weighted by atomic mass is 10.0. The van der Waals surface area contributed by atoms with Gasteiger partial charge in [-0.15, -0.1) is 0 Å². The van der Waals surface area contributed by atoms with Crippen molar-refractivity contribution >= 4 is 21.6 Å². The Morgan fingerprint density at radius 2 is 1.62 bits per heavy atom. The van der Waals surface area contributed by atoms with E-state index in [2.05, 4.69) is 10.0 Å². The molecule has 0 radical (unpaired) electrons. The summed E-state index contributed by atoms with van der Waals surface area (Å²) in [5, 5.41) is 13.3. The summed E-state index contributed by atoms with van der Waals surface area (Å²) in [7, 11) is -2.18. The van der Waals surface area contributed by atoms with Gasteiger partial charge in [-0.1, -0.05) is 60.7 Å². The number of sulfonamides is 1. The fourth-order valence-corrected chi connectivity index (χ4v) is 5.14. The van der Waals surface area contributed by atoms with Crippen LogP contribution in [0, 0.1) is 0 Å². The Kier molecular flexibility index (Phi) is 8.78. The fraction of sp³-hybridized carbons (Fsp3) is 0.296. The number of rotatable bonds is 12. The Hall–Kier alpha value is -3.44. The Balaban J connectivity index is 1.41. The van der Waals surface area contributed by atoms with E-state index in [0.717, 1.165) is 11.1 Å². The number of anilines is 1. The summed E-state index contributed by atoms with van der Waals surface area (Å²) in [6, 6.07) is 23.1. The zero-order valence-corrected chi connectivity index (χ0v) is 21.4. The highest BCUT2D eigenvalue weighted by Gasteiger charge is 2.28. The number of aliphatic hydroxyl groups excluding tert-OH is 1. The number of fused-ring (bicyclic) bond motifs is 1. The molecule has 0 saturated carbocycles. The van der Waals surface area contributed by atoms with Crippen molar-refractivity contribution in [2.24, 2.45) is 0 Å². The van der Waals surface area contributed by atoms with Crippen LogP contribution in [0.3, 0.4) is 0 Å². The maximum atomic E-state index is 13.5. The molecular formula is C27H31N3O6S. The van der Waals surface area contributed by atoms with Crippen molar-refractivity contribution in [3.05, 3.63) is 90.0 Å². The minimum absolute atomic E-state index is 0.117. The molecule has 4 rings (SSSR count). The molecule has 0 saturated heterocycles. The Morgan fingerprint density at radius 1 is 0.973 bits per heavy atom. The summed E-state index contributed by atoms with van der Waals surface area (Å²) in [6.07, 6.45) is -0.419. The Labute approximate surface area is 217 Å². The number of hydrogen-bond donors (Lipinski definition) is 3. The average molecular weight is 526 g/mol. The van der Waals surface area contributed by atoms with Crippen molar-refractivity contribution in [3.63, 3.8) is 0 Å². The van der Waals surface area contributed by atoms with Gasteiger partial charge in [0.1, 0.15) is 0 Å². The molecule has 0 spiro atoms. The van der Waals surface area contributed by atoms with Crippen LogP contribution in [-0.2, 0) is 27.7 Å². The molecule has 1 aliphatic rings. The summed E-state index contributed by atoms with van der Waals surface area (Å²) < 4.78 is 38.1. The number of nitrogens with one attached hydrogen (secondary N) is 2. The molecule has 1 heterocycles. The molecule has 0 aliphatic carbocycles. The molecule has 196 valence electrons. The lowest BCUT2D eigenvalue weighted by Gasteiger charge is -2.27. The van der Waals surface area contributed by atoms with E-state index in [-0.39, 0.29) is 24.9 Å². The molecule has 3 aromatic rings. The number of amides is 1. The van der Waals surface area contributed by atoms with Crippen LogP contribution in [0.25, 0.3) is 0 Å². The van der Waals surface area contributed by atoms with Crippen LogP contribution < -0.4 is 24.4 Å². The molecule has 1 aliphatic heterocycles. The molecule has 1 amide bonds. The molecule has 0 bridgehead atoms. The van der Waals surface area contributed by atoms with Gasteiger partial charge in [0.15, 0.2) is 17.9 Å². The monoisotopic (exact) mass is 525 g/mol. The van der Waals surface area contributed by atoms with E-state index in [1.807, 2.05) is 60.7 Å². The average Bonchev–Trinajstić information content (AvgIpc) is 3.36. The van der Waals surface area contributed by atoms with Crippen LogP contribution in [-0.4, -0.2) is 51.4 Å². The molecule has 3 aromatic carbocycles. The van der Waals surface area contributed by atoms with E-state index in [1.54, 1.807) is 25.2 Å². The number of carbonyl (C=O) groups excluding carboxylic acids is 1. The number of nitrogens with zero attached hydrogens (tertiary/aromatic N) is 1. The number of aliphatic hydroxyl groups is 1. The van der Waals surface area contributed by atoms with Crippen LogP contribution in [0.1, 0.15) is 17.5 Å². The highest BCUT2D eigenvalue weighted by Crippen LogP contribution is 2.35. The minimum atomic E-state index is -3.79. The quantitative estimate of drug-likeness (QED) is 0.311. The van der Waals surface area contributed by atoms with Crippen LogP contribution in [0.4, 0.5) is 5.69 Å². The van der Waals surface area contributed by atoms with Gasteiger partial charge in [0, 0.05) is 18.8 Å². The normalized spacial score (nSPS) is 14.2. The summed E-state index contributed by atoms with van der Waals surface area (Å²) in [6.45, 7) is 0.117. The highest BCUT2D eigenvalue weighted by atomic mass is 32.2. The molecule has 37 heavy (non-hydrogen) atoms. The van der Waals surface area contributed by atoms with E-state index in [0.29, 0.717) is 30.0 Å². The van der Waals surface area contributed by atoms with E-state index in [1.165, 1.54) is 4.90 Å². The second kappa shape index (κ2) is 12.2. The van der Waals surface area contributed by atoms with Gasteiger partial charge in [0.05, 0.1) is 11.8 Å². The van der Waals surface area contributed by atoms with Gasteiger partial charge in [0.25, 0.3) is 0 Å². The number of carbonyl (C=O) groups is 1. The van der Waals surface area contributed by atoms with Gasteiger partial charge in [-0.05, 0) is 42.5 Å².